The fourth-order valence-electron chi connectivity index (χ4n) is 3.58. The van der Waals surface area contributed by atoms with Gasteiger partial charge < -0.3 is 14.2 Å². The SMILES string of the molecule is N#Cc1nc(-c2ccccc2[N+](=O)[O-])oc1NCC(c1ccco1)N1CCCC1. The molecule has 0 spiro atoms. The van der Waals surface area contributed by atoms with Crippen LogP contribution in [-0.2, 0) is 0 Å². The van der Waals surface area contributed by atoms with Crippen molar-refractivity contribution in [3.05, 3.63) is 64.2 Å². The Morgan fingerprint density at radius 2 is 2.07 bits per heavy atom. The molecular formula is C20H19N5O4. The Labute approximate surface area is 166 Å². The summed E-state index contributed by atoms with van der Waals surface area (Å²) in [5, 5.41) is 23.9. The highest BCUT2D eigenvalue weighted by atomic mass is 16.6. The number of hydrogen-bond donors (Lipinski definition) is 1. The van der Waals surface area contributed by atoms with E-state index in [4.69, 9.17) is 8.83 Å². The molecule has 29 heavy (non-hydrogen) atoms. The van der Waals surface area contributed by atoms with Crippen molar-refractivity contribution in [3.63, 3.8) is 0 Å². The van der Waals surface area contributed by atoms with E-state index < -0.39 is 4.92 Å². The predicted molar refractivity (Wildman–Crippen MR) is 104 cm³/mol. The first kappa shape index (κ1) is 18.7. The van der Waals surface area contributed by atoms with Gasteiger partial charge in [-0.05, 0) is 44.1 Å². The highest BCUT2D eigenvalue weighted by Crippen LogP contribution is 2.33. The molecule has 3 aromatic rings. The number of oxazole rings is 1. The summed E-state index contributed by atoms with van der Waals surface area (Å²) in [6.07, 6.45) is 3.90. The second-order valence-corrected chi connectivity index (χ2v) is 6.74. The first-order valence-corrected chi connectivity index (χ1v) is 9.33. The largest absolute Gasteiger partial charge is 0.468 e. The average Bonchev–Trinajstić information content (AvgIpc) is 3.50. The predicted octanol–water partition coefficient (Wildman–Crippen LogP) is 3.96. The topological polar surface area (TPSA) is 121 Å². The molecule has 0 aliphatic carbocycles. The molecule has 1 atom stereocenters. The zero-order valence-electron chi connectivity index (χ0n) is 15.6. The van der Waals surface area contributed by atoms with Crippen LogP contribution in [-0.4, -0.2) is 34.4 Å². The summed E-state index contributed by atoms with van der Waals surface area (Å²) in [6, 6.07) is 11.9. The first-order valence-electron chi connectivity index (χ1n) is 9.33. The highest BCUT2D eigenvalue weighted by Gasteiger charge is 2.27. The van der Waals surface area contributed by atoms with Crippen molar-refractivity contribution < 1.29 is 13.8 Å². The third-order valence-electron chi connectivity index (χ3n) is 4.97. The summed E-state index contributed by atoms with van der Waals surface area (Å²) in [5.74, 6) is 1.06. The van der Waals surface area contributed by atoms with Crippen molar-refractivity contribution in [2.75, 3.05) is 25.0 Å². The van der Waals surface area contributed by atoms with Gasteiger partial charge in [0.25, 0.3) is 5.69 Å². The minimum absolute atomic E-state index is 0.0151. The third-order valence-corrected chi connectivity index (χ3v) is 4.97. The lowest BCUT2D eigenvalue weighted by Crippen LogP contribution is -2.30. The van der Waals surface area contributed by atoms with E-state index >= 15 is 0 Å². The van der Waals surface area contributed by atoms with E-state index in [1.165, 1.54) is 6.07 Å². The van der Waals surface area contributed by atoms with E-state index in [2.05, 4.69) is 15.2 Å². The van der Waals surface area contributed by atoms with Gasteiger partial charge in [0.2, 0.25) is 17.5 Å². The molecule has 148 valence electrons. The van der Waals surface area contributed by atoms with Gasteiger partial charge in [-0.2, -0.15) is 10.2 Å². The summed E-state index contributed by atoms with van der Waals surface area (Å²) < 4.78 is 11.3. The molecule has 4 rings (SSSR count). The zero-order chi connectivity index (χ0) is 20.2. The van der Waals surface area contributed by atoms with E-state index in [9.17, 15) is 15.4 Å². The zero-order valence-corrected chi connectivity index (χ0v) is 15.6. The summed E-state index contributed by atoms with van der Waals surface area (Å²) in [5.41, 5.74) is 0.150. The van der Waals surface area contributed by atoms with E-state index in [1.807, 2.05) is 18.2 Å². The monoisotopic (exact) mass is 393 g/mol. The fraction of sp³-hybridized carbons (Fsp3) is 0.300. The van der Waals surface area contributed by atoms with E-state index in [1.54, 1.807) is 24.5 Å². The average molecular weight is 393 g/mol. The molecule has 0 radical (unpaired) electrons. The Morgan fingerprint density at radius 3 is 2.76 bits per heavy atom. The van der Waals surface area contributed by atoms with Crippen LogP contribution in [0.1, 0.15) is 30.3 Å². The van der Waals surface area contributed by atoms with Crippen LogP contribution in [0.4, 0.5) is 11.6 Å². The molecule has 2 aromatic heterocycles. The number of benzene rings is 1. The summed E-state index contributed by atoms with van der Waals surface area (Å²) >= 11 is 0. The molecule has 0 saturated carbocycles. The van der Waals surface area contributed by atoms with Crippen LogP contribution in [0.25, 0.3) is 11.5 Å². The number of para-hydroxylation sites is 1. The minimum Gasteiger partial charge on any atom is -0.468 e. The van der Waals surface area contributed by atoms with Crippen molar-refractivity contribution in [1.29, 1.82) is 5.26 Å². The van der Waals surface area contributed by atoms with Crippen molar-refractivity contribution in [1.82, 2.24) is 9.88 Å². The van der Waals surface area contributed by atoms with Crippen LogP contribution < -0.4 is 5.32 Å². The smallest absolute Gasteiger partial charge is 0.282 e. The number of hydrogen-bond acceptors (Lipinski definition) is 8. The number of nitriles is 1. The molecule has 1 fully saturated rings. The standard InChI is InChI=1S/C20H19N5O4/c21-12-15-20(29-19(23-15)14-6-1-2-7-16(14)25(26)27)22-13-17(18-8-5-11-28-18)24-9-3-4-10-24/h1-2,5-8,11,17,22H,3-4,9-10,13H2. The maximum atomic E-state index is 11.3. The van der Waals surface area contributed by atoms with Crippen LogP contribution in [0.15, 0.2) is 51.5 Å². The van der Waals surface area contributed by atoms with Gasteiger partial charge in [0.15, 0.2) is 0 Å². The van der Waals surface area contributed by atoms with Crippen LogP contribution in [0.5, 0.6) is 0 Å². The number of anilines is 1. The van der Waals surface area contributed by atoms with Gasteiger partial charge in [-0.15, -0.1) is 0 Å². The van der Waals surface area contributed by atoms with Gasteiger partial charge in [0, 0.05) is 12.6 Å². The summed E-state index contributed by atoms with van der Waals surface area (Å²) in [7, 11) is 0. The summed E-state index contributed by atoms with van der Waals surface area (Å²) in [6.45, 7) is 2.39. The number of nitrogens with zero attached hydrogens (tertiary/aromatic N) is 4. The van der Waals surface area contributed by atoms with Gasteiger partial charge in [0.05, 0.1) is 17.2 Å². The molecule has 9 nitrogen and oxygen atoms in total. The second kappa shape index (κ2) is 8.16. The number of nitro benzene ring substituents is 1. The minimum atomic E-state index is -0.501. The lowest BCUT2D eigenvalue weighted by molar-refractivity contribution is -0.384. The first-order chi connectivity index (χ1) is 14.2. The van der Waals surface area contributed by atoms with E-state index in [-0.39, 0.29) is 34.8 Å². The molecule has 1 aliphatic heterocycles. The Morgan fingerprint density at radius 1 is 1.28 bits per heavy atom. The molecule has 3 heterocycles. The van der Waals surface area contributed by atoms with E-state index in [0.717, 1.165) is 31.7 Å². The molecule has 0 amide bonds. The summed E-state index contributed by atoms with van der Waals surface area (Å²) in [4.78, 5) is 17.3. The van der Waals surface area contributed by atoms with Gasteiger partial charge in [-0.1, -0.05) is 12.1 Å². The molecule has 9 heteroatoms. The van der Waals surface area contributed by atoms with E-state index in [0.29, 0.717) is 6.54 Å². The molecule has 0 bridgehead atoms. The lowest BCUT2D eigenvalue weighted by atomic mass is 10.2. The maximum Gasteiger partial charge on any atom is 0.282 e. The van der Waals surface area contributed by atoms with Crippen molar-refractivity contribution in [3.8, 4) is 17.5 Å². The number of nitrogens with one attached hydrogen (secondary N) is 1. The van der Waals surface area contributed by atoms with Crippen molar-refractivity contribution >= 4 is 11.6 Å². The van der Waals surface area contributed by atoms with Gasteiger partial charge in [0.1, 0.15) is 17.4 Å². The fourth-order valence-corrected chi connectivity index (χ4v) is 3.58. The van der Waals surface area contributed by atoms with Crippen LogP contribution in [0.2, 0.25) is 0 Å². The number of nitro groups is 1. The molecule has 1 N–H and O–H groups in total. The molecule has 1 aliphatic rings. The van der Waals surface area contributed by atoms with Crippen molar-refractivity contribution in [2.24, 2.45) is 0 Å². The van der Waals surface area contributed by atoms with Crippen LogP contribution in [0, 0.1) is 21.4 Å². The van der Waals surface area contributed by atoms with Gasteiger partial charge >= 0.3 is 0 Å². The number of furan rings is 1. The Balaban J connectivity index is 1.59. The second-order valence-electron chi connectivity index (χ2n) is 6.74. The Hall–Kier alpha value is -3.64. The number of rotatable bonds is 7. The normalized spacial score (nSPS) is 15.1. The van der Waals surface area contributed by atoms with Crippen LogP contribution in [0.3, 0.4) is 0 Å². The Bertz CT molecular complexity index is 1030. The number of aromatic nitrogens is 1. The van der Waals surface area contributed by atoms with Crippen molar-refractivity contribution in [2.45, 2.75) is 18.9 Å². The quantitative estimate of drug-likeness (QED) is 0.473. The Kier molecular flexibility index (Phi) is 5.27. The van der Waals surface area contributed by atoms with Crippen LogP contribution >= 0.6 is 0 Å². The lowest BCUT2D eigenvalue weighted by Gasteiger charge is -2.25. The molecular weight excluding hydrogens is 374 g/mol. The highest BCUT2D eigenvalue weighted by molar-refractivity contribution is 5.68. The molecule has 1 saturated heterocycles. The van der Waals surface area contributed by atoms with Gasteiger partial charge in [-0.3, -0.25) is 15.0 Å². The maximum absolute atomic E-state index is 11.3. The molecule has 1 unspecified atom stereocenters. The third kappa shape index (κ3) is 3.83. The van der Waals surface area contributed by atoms with Gasteiger partial charge in [-0.25, -0.2) is 0 Å². The molecule has 1 aromatic carbocycles. The number of likely N-dealkylation sites (tertiary alicyclic amines) is 1.